The van der Waals surface area contributed by atoms with Crippen LogP contribution in [0.2, 0.25) is 0 Å². The van der Waals surface area contributed by atoms with Crippen molar-refractivity contribution in [1.29, 1.82) is 0 Å². The van der Waals surface area contributed by atoms with Gasteiger partial charge in [0, 0.05) is 0 Å². The van der Waals surface area contributed by atoms with Gasteiger partial charge in [-0.25, -0.2) is 0 Å². The van der Waals surface area contributed by atoms with Crippen LogP contribution in [-0.2, 0) is 0 Å². The van der Waals surface area contributed by atoms with Crippen LogP contribution in [0.3, 0.4) is 0 Å². The fourth-order valence-corrected chi connectivity index (χ4v) is 8.37. The number of hydrogen-bond donors (Lipinski definition) is 0. The smallest absolute Gasteiger partial charge is 0.00851 e. The van der Waals surface area contributed by atoms with Crippen molar-refractivity contribution in [3.63, 3.8) is 0 Å². The van der Waals surface area contributed by atoms with Crippen molar-refractivity contribution in [3.05, 3.63) is 11.6 Å². The van der Waals surface area contributed by atoms with E-state index in [9.17, 15) is 0 Å². The summed E-state index contributed by atoms with van der Waals surface area (Å²) < 4.78 is 0. The van der Waals surface area contributed by atoms with Gasteiger partial charge >= 0.3 is 0 Å². The quantitative estimate of drug-likeness (QED) is 0.318. The van der Waals surface area contributed by atoms with Gasteiger partial charge in [0.2, 0.25) is 0 Å². The van der Waals surface area contributed by atoms with Crippen molar-refractivity contribution in [2.45, 2.75) is 126 Å². The van der Waals surface area contributed by atoms with Gasteiger partial charge in [-0.15, -0.1) is 0 Å². The molecule has 0 aliphatic heterocycles. The molecule has 0 spiro atoms. The highest BCUT2D eigenvalue weighted by Gasteiger charge is 2.58. The Morgan fingerprint density at radius 2 is 1.72 bits per heavy atom. The first-order chi connectivity index (χ1) is 13.8. The second-order valence-corrected chi connectivity index (χ2v) is 12.1. The molecule has 4 aliphatic rings. The largest absolute Gasteiger partial charge is 0.0845 e. The van der Waals surface area contributed by atoms with E-state index in [4.69, 9.17) is 0 Å². The summed E-state index contributed by atoms with van der Waals surface area (Å²) in [6.45, 7) is 16.6. The molecule has 0 nitrogen and oxygen atoms in total. The maximum Gasteiger partial charge on any atom is -0.00851 e. The Bertz CT molecular complexity index is 556. The lowest BCUT2D eigenvalue weighted by Crippen LogP contribution is -2.49. The van der Waals surface area contributed by atoms with Crippen molar-refractivity contribution < 1.29 is 0 Å². The summed E-state index contributed by atoms with van der Waals surface area (Å²) in [6.07, 6.45) is 20.6. The Balaban J connectivity index is 0.00000117. The summed E-state index contributed by atoms with van der Waals surface area (Å²) >= 11 is 0. The molecule has 0 N–H and O–H groups in total. The maximum absolute atomic E-state index is 2.75. The zero-order valence-corrected chi connectivity index (χ0v) is 21.0. The summed E-state index contributed by atoms with van der Waals surface area (Å²) in [5.41, 5.74) is 3.10. The molecular formula is C29H52. The van der Waals surface area contributed by atoms with E-state index in [2.05, 4.69) is 40.7 Å². The van der Waals surface area contributed by atoms with Gasteiger partial charge in [0.05, 0.1) is 0 Å². The molecule has 7 atom stereocenters. The molecule has 4 aliphatic carbocycles. The second-order valence-electron chi connectivity index (χ2n) is 12.1. The minimum Gasteiger partial charge on any atom is -0.0845 e. The predicted molar refractivity (Wildman–Crippen MR) is 129 cm³/mol. The van der Waals surface area contributed by atoms with Crippen LogP contribution < -0.4 is 0 Å². The molecule has 4 rings (SSSR count). The van der Waals surface area contributed by atoms with Gasteiger partial charge in [-0.1, -0.05) is 79.4 Å². The van der Waals surface area contributed by atoms with Crippen LogP contribution in [0.4, 0.5) is 0 Å². The van der Waals surface area contributed by atoms with Gasteiger partial charge in [-0.2, -0.15) is 0 Å². The molecule has 3 saturated carbocycles. The lowest BCUT2D eigenvalue weighted by Gasteiger charge is -2.58. The van der Waals surface area contributed by atoms with Gasteiger partial charge < -0.3 is 0 Å². The monoisotopic (exact) mass is 400 g/mol. The minimum atomic E-state index is 0.562. The lowest BCUT2D eigenvalue weighted by molar-refractivity contribution is -0.0450. The second kappa shape index (κ2) is 9.48. The molecule has 0 amide bonds. The number of hydrogen-bond acceptors (Lipinski definition) is 0. The maximum atomic E-state index is 2.75. The molecule has 3 fully saturated rings. The highest BCUT2D eigenvalue weighted by atomic mass is 14.6. The average molecular weight is 401 g/mol. The number of rotatable bonds is 5. The number of fused-ring (bicyclic) bond motifs is 5. The van der Waals surface area contributed by atoms with E-state index >= 15 is 0 Å². The molecule has 29 heavy (non-hydrogen) atoms. The van der Waals surface area contributed by atoms with Gasteiger partial charge in [0.1, 0.15) is 0 Å². The summed E-state index contributed by atoms with van der Waals surface area (Å²) in [5, 5.41) is 0. The molecule has 0 heteroatoms. The highest BCUT2D eigenvalue weighted by molar-refractivity contribution is 5.24. The zero-order valence-electron chi connectivity index (χ0n) is 21.0. The Kier molecular flexibility index (Phi) is 7.65. The zero-order chi connectivity index (χ0) is 21.2. The molecule has 0 aromatic rings. The predicted octanol–water partition coefficient (Wildman–Crippen LogP) is 9.44. The van der Waals surface area contributed by atoms with Crippen molar-refractivity contribution in [3.8, 4) is 0 Å². The van der Waals surface area contributed by atoms with Crippen LogP contribution in [-0.4, -0.2) is 0 Å². The Labute approximate surface area is 183 Å². The van der Waals surface area contributed by atoms with Crippen LogP contribution in [0.1, 0.15) is 126 Å². The Morgan fingerprint density at radius 3 is 2.45 bits per heavy atom. The topological polar surface area (TPSA) is 0 Å². The van der Waals surface area contributed by atoms with E-state index in [0.29, 0.717) is 10.8 Å². The van der Waals surface area contributed by atoms with Crippen molar-refractivity contribution in [2.24, 2.45) is 46.3 Å². The van der Waals surface area contributed by atoms with Gasteiger partial charge in [0.15, 0.2) is 0 Å². The molecule has 0 heterocycles. The third-order valence-corrected chi connectivity index (χ3v) is 10.1. The van der Waals surface area contributed by atoms with E-state index in [1.54, 1.807) is 6.42 Å². The first kappa shape index (κ1) is 23.4. The molecule has 0 aromatic carbocycles. The van der Waals surface area contributed by atoms with E-state index in [-0.39, 0.29) is 0 Å². The minimum absolute atomic E-state index is 0.562. The average Bonchev–Trinajstić information content (AvgIpc) is 3.03. The van der Waals surface area contributed by atoms with Crippen LogP contribution in [0.5, 0.6) is 0 Å². The van der Waals surface area contributed by atoms with Gasteiger partial charge in [-0.3, -0.25) is 0 Å². The van der Waals surface area contributed by atoms with Crippen LogP contribution >= 0.6 is 0 Å². The molecule has 168 valence electrons. The lowest BCUT2D eigenvalue weighted by atomic mass is 9.47. The summed E-state index contributed by atoms with van der Waals surface area (Å²) in [4.78, 5) is 0. The van der Waals surface area contributed by atoms with E-state index < -0.39 is 0 Å². The number of allylic oxidation sites excluding steroid dienone is 2. The molecule has 0 aromatic heterocycles. The van der Waals surface area contributed by atoms with Gasteiger partial charge in [0.25, 0.3) is 0 Å². The van der Waals surface area contributed by atoms with Gasteiger partial charge in [-0.05, 0) is 104 Å². The molecule has 3 unspecified atom stereocenters. The van der Waals surface area contributed by atoms with E-state index in [1.165, 1.54) is 70.6 Å². The van der Waals surface area contributed by atoms with Crippen LogP contribution in [0, 0.1) is 46.3 Å². The van der Waals surface area contributed by atoms with Crippen LogP contribution in [0.15, 0.2) is 11.6 Å². The Hall–Kier alpha value is -0.260. The summed E-state index contributed by atoms with van der Waals surface area (Å²) in [6, 6.07) is 0. The standard InChI is InChI=1S/C27H46.C2H6/c1-19(2)8-6-7-9-21-11-13-24-23-12-10-22-18-20(3)14-16-27(22,5)25(23)15-17-26(21,24)4;1-2/h10,19-21,23-25H,6-9,11-18H2,1-5H3;1-2H3/t20?,21-,23-,24?,25?,26+,27-;/m0./s1. The molecule has 0 radical (unpaired) electrons. The van der Waals surface area contributed by atoms with E-state index in [1.807, 2.05) is 19.4 Å². The molecule has 0 bridgehead atoms. The molecular weight excluding hydrogens is 348 g/mol. The Morgan fingerprint density at radius 1 is 0.966 bits per heavy atom. The third kappa shape index (κ3) is 4.39. The SMILES string of the molecule is CC.CC(C)CCCC[C@H]1CCC2[C@@H]3CC=C4CC(C)CC[C@]4(C)C3CC[C@@]21C. The highest BCUT2D eigenvalue weighted by Crippen LogP contribution is 2.67. The van der Waals surface area contributed by atoms with Crippen molar-refractivity contribution in [2.75, 3.05) is 0 Å². The fourth-order valence-electron chi connectivity index (χ4n) is 8.37. The van der Waals surface area contributed by atoms with Crippen LogP contribution in [0.25, 0.3) is 0 Å². The fraction of sp³-hybridized carbons (Fsp3) is 0.931. The molecule has 0 saturated heterocycles. The van der Waals surface area contributed by atoms with Crippen molar-refractivity contribution >= 4 is 0 Å². The third-order valence-electron chi connectivity index (χ3n) is 10.1. The summed E-state index contributed by atoms with van der Waals surface area (Å²) in [7, 11) is 0. The van der Waals surface area contributed by atoms with E-state index in [0.717, 1.165) is 35.5 Å². The summed E-state index contributed by atoms with van der Waals surface area (Å²) in [5.74, 6) is 5.88. The number of unbranched alkanes of at least 4 members (excludes halogenated alkanes) is 1. The van der Waals surface area contributed by atoms with Crippen molar-refractivity contribution in [1.82, 2.24) is 0 Å². The first-order valence-corrected chi connectivity index (χ1v) is 13.5. The normalized spacial score (nSPS) is 43.6. The first-order valence-electron chi connectivity index (χ1n) is 13.5.